The van der Waals surface area contributed by atoms with E-state index in [-0.39, 0.29) is 19.8 Å². The number of hydrogen-bond acceptors (Lipinski definition) is 6. The van der Waals surface area contributed by atoms with Gasteiger partial charge >= 0.3 is 12.1 Å². The number of ether oxygens (including phenoxy) is 3. The number of hydrogen-bond donors (Lipinski definition) is 2. The summed E-state index contributed by atoms with van der Waals surface area (Å²) >= 11 is 0. The van der Waals surface area contributed by atoms with Gasteiger partial charge in [-0.15, -0.1) is 0 Å². The average molecular weight is 477 g/mol. The summed E-state index contributed by atoms with van der Waals surface area (Å²) in [5, 5.41) is 12.5. The minimum absolute atomic E-state index is 0.0159. The molecule has 35 heavy (non-hydrogen) atoms. The summed E-state index contributed by atoms with van der Waals surface area (Å²) in [7, 11) is 0. The van der Waals surface area contributed by atoms with E-state index in [0.29, 0.717) is 28.4 Å². The Morgan fingerprint density at radius 2 is 1.71 bits per heavy atom. The van der Waals surface area contributed by atoms with Gasteiger partial charge in [0.1, 0.15) is 23.2 Å². The van der Waals surface area contributed by atoms with Crippen LogP contribution >= 0.6 is 0 Å². The summed E-state index contributed by atoms with van der Waals surface area (Å²) in [5.41, 5.74) is 3.09. The van der Waals surface area contributed by atoms with Crippen molar-refractivity contribution in [2.75, 3.05) is 6.79 Å². The molecule has 0 aliphatic carbocycles. The van der Waals surface area contributed by atoms with Crippen LogP contribution < -0.4 is 14.8 Å². The van der Waals surface area contributed by atoms with Crippen molar-refractivity contribution in [1.82, 2.24) is 5.32 Å². The monoisotopic (exact) mass is 477 g/mol. The predicted octanol–water partition coefficient (Wildman–Crippen LogP) is 4.89. The third kappa shape index (κ3) is 5.03. The lowest BCUT2D eigenvalue weighted by Crippen LogP contribution is -2.42. The van der Waals surface area contributed by atoms with Crippen molar-refractivity contribution < 1.29 is 37.7 Å². The van der Waals surface area contributed by atoms with Crippen LogP contribution in [-0.4, -0.2) is 30.0 Å². The van der Waals surface area contributed by atoms with Gasteiger partial charge in [-0.2, -0.15) is 0 Å². The number of carbonyl (C=O) groups excluding carboxylic acids is 1. The van der Waals surface area contributed by atoms with Crippen molar-refractivity contribution in [3.05, 3.63) is 83.9 Å². The first-order valence-electron chi connectivity index (χ1n) is 10.8. The predicted molar refractivity (Wildman–Crippen MR) is 123 cm³/mol. The second-order valence-corrected chi connectivity index (χ2v) is 7.98. The molecule has 178 valence electrons. The first-order chi connectivity index (χ1) is 16.9. The molecule has 8 nitrogen and oxygen atoms in total. The van der Waals surface area contributed by atoms with E-state index in [2.05, 4.69) is 5.32 Å². The number of fused-ring (bicyclic) bond motifs is 2. The molecule has 0 unspecified atom stereocenters. The first kappa shape index (κ1) is 22.3. The molecule has 0 spiro atoms. The van der Waals surface area contributed by atoms with Crippen LogP contribution in [0.1, 0.15) is 11.3 Å². The summed E-state index contributed by atoms with van der Waals surface area (Å²) in [5.74, 6) is 0.143. The second kappa shape index (κ2) is 9.38. The number of benzene rings is 3. The van der Waals surface area contributed by atoms with E-state index in [1.807, 2.05) is 36.4 Å². The lowest BCUT2D eigenvalue weighted by Gasteiger charge is -2.14. The van der Waals surface area contributed by atoms with Gasteiger partial charge in [0.25, 0.3) is 0 Å². The summed E-state index contributed by atoms with van der Waals surface area (Å²) in [6.45, 7) is 0.0265. The zero-order valence-electron chi connectivity index (χ0n) is 18.3. The van der Waals surface area contributed by atoms with Crippen LogP contribution in [0.25, 0.3) is 22.1 Å². The van der Waals surface area contributed by atoms with Crippen molar-refractivity contribution in [3.8, 4) is 22.6 Å². The van der Waals surface area contributed by atoms with Gasteiger partial charge in [0, 0.05) is 11.8 Å². The number of aliphatic carboxylic acids is 1. The van der Waals surface area contributed by atoms with E-state index in [0.717, 1.165) is 16.5 Å². The molecule has 9 heteroatoms. The zero-order chi connectivity index (χ0) is 24.4. The zero-order valence-corrected chi connectivity index (χ0v) is 18.3. The molecule has 3 aromatic carbocycles. The Hall–Kier alpha value is -4.53. The molecule has 1 atom stereocenters. The van der Waals surface area contributed by atoms with Crippen LogP contribution in [0.3, 0.4) is 0 Å². The largest absolute Gasteiger partial charge is 0.480 e. The van der Waals surface area contributed by atoms with Gasteiger partial charge in [-0.3, -0.25) is 0 Å². The lowest BCUT2D eigenvalue weighted by atomic mass is 10.0. The summed E-state index contributed by atoms with van der Waals surface area (Å²) < 4.78 is 34.8. The summed E-state index contributed by atoms with van der Waals surface area (Å²) in [6.07, 6.45) is -0.918. The minimum atomic E-state index is -1.23. The van der Waals surface area contributed by atoms with Gasteiger partial charge in [-0.25, -0.2) is 14.0 Å². The normalized spacial score (nSPS) is 12.9. The van der Waals surface area contributed by atoms with Crippen LogP contribution in [0.5, 0.6) is 11.5 Å². The molecule has 0 saturated carbocycles. The standard InChI is InChI=1S/C26H20FNO7/c27-19-5-1-15(2-6-19)9-21(25(29)30)28-26(31)32-13-20-11-18-10-16(3-7-22(18)35-20)17-4-8-23-24(12-17)34-14-33-23/h1-8,10-12,21H,9,13-14H2,(H,28,31)(H,29,30)/t21-/m1/s1. The average Bonchev–Trinajstić information content (AvgIpc) is 3.49. The fourth-order valence-electron chi connectivity index (χ4n) is 3.80. The van der Waals surface area contributed by atoms with Crippen molar-refractivity contribution in [2.24, 2.45) is 0 Å². The van der Waals surface area contributed by atoms with E-state index in [4.69, 9.17) is 18.6 Å². The number of carbonyl (C=O) groups is 2. The topological polar surface area (TPSA) is 107 Å². The van der Waals surface area contributed by atoms with Crippen molar-refractivity contribution >= 4 is 23.0 Å². The molecule has 2 N–H and O–H groups in total. The third-order valence-electron chi connectivity index (χ3n) is 5.56. The third-order valence-corrected chi connectivity index (χ3v) is 5.56. The van der Waals surface area contributed by atoms with Gasteiger partial charge in [0.15, 0.2) is 18.1 Å². The smallest absolute Gasteiger partial charge is 0.408 e. The first-order valence-corrected chi connectivity index (χ1v) is 10.8. The van der Waals surface area contributed by atoms with Crippen LogP contribution in [0.2, 0.25) is 0 Å². The number of nitrogens with one attached hydrogen (secondary N) is 1. The van der Waals surface area contributed by atoms with E-state index in [1.54, 1.807) is 6.07 Å². The van der Waals surface area contributed by atoms with Gasteiger partial charge in [-0.05, 0) is 59.2 Å². The molecule has 0 fully saturated rings. The highest BCUT2D eigenvalue weighted by Gasteiger charge is 2.22. The number of halogens is 1. The van der Waals surface area contributed by atoms with E-state index >= 15 is 0 Å². The van der Waals surface area contributed by atoms with Gasteiger partial charge in [0.05, 0.1) is 0 Å². The Morgan fingerprint density at radius 1 is 0.971 bits per heavy atom. The summed E-state index contributed by atoms with van der Waals surface area (Å²) in [6, 6.07) is 17.3. The molecule has 0 radical (unpaired) electrons. The molecule has 1 aliphatic rings. The second-order valence-electron chi connectivity index (χ2n) is 7.98. The number of furan rings is 1. The van der Waals surface area contributed by atoms with Gasteiger partial charge < -0.3 is 29.1 Å². The van der Waals surface area contributed by atoms with E-state index in [1.165, 1.54) is 24.3 Å². The molecule has 0 saturated heterocycles. The van der Waals surface area contributed by atoms with Gasteiger partial charge in [-0.1, -0.05) is 24.3 Å². The Morgan fingerprint density at radius 3 is 2.51 bits per heavy atom. The van der Waals surface area contributed by atoms with Crippen molar-refractivity contribution in [1.29, 1.82) is 0 Å². The SMILES string of the molecule is O=C(N[C@H](Cc1ccc(F)cc1)C(=O)O)OCc1cc2cc(-c3ccc4c(c3)OCO4)ccc2o1. The Bertz CT molecular complexity index is 1400. The molecule has 1 aromatic heterocycles. The number of carboxylic acids is 1. The van der Waals surface area contributed by atoms with Crippen molar-refractivity contribution in [2.45, 2.75) is 19.1 Å². The fraction of sp³-hybridized carbons (Fsp3) is 0.154. The minimum Gasteiger partial charge on any atom is -0.480 e. The Labute approximate surface area is 198 Å². The molecular weight excluding hydrogens is 457 g/mol. The fourth-order valence-corrected chi connectivity index (χ4v) is 3.80. The molecule has 2 heterocycles. The Balaban J connectivity index is 1.22. The lowest BCUT2D eigenvalue weighted by molar-refractivity contribution is -0.139. The highest BCUT2D eigenvalue weighted by atomic mass is 19.1. The van der Waals surface area contributed by atoms with Crippen LogP contribution in [0, 0.1) is 5.82 Å². The summed E-state index contributed by atoms with van der Waals surface area (Å²) in [4.78, 5) is 23.7. The number of rotatable bonds is 7. The quantitative estimate of drug-likeness (QED) is 0.390. The van der Waals surface area contributed by atoms with Crippen LogP contribution in [0.15, 0.2) is 71.1 Å². The van der Waals surface area contributed by atoms with E-state index in [9.17, 15) is 19.1 Å². The van der Waals surface area contributed by atoms with Crippen LogP contribution in [-0.2, 0) is 22.6 Å². The molecule has 0 bridgehead atoms. The highest BCUT2D eigenvalue weighted by molar-refractivity contribution is 5.85. The molecule has 4 aromatic rings. The van der Waals surface area contributed by atoms with Crippen LogP contribution in [0.4, 0.5) is 9.18 Å². The maximum atomic E-state index is 13.1. The highest BCUT2D eigenvalue weighted by Crippen LogP contribution is 2.36. The van der Waals surface area contributed by atoms with E-state index < -0.39 is 23.9 Å². The van der Waals surface area contributed by atoms with Crippen molar-refractivity contribution in [3.63, 3.8) is 0 Å². The molecular formula is C26H20FNO7. The molecule has 1 aliphatic heterocycles. The number of alkyl carbamates (subject to hydrolysis) is 1. The van der Waals surface area contributed by atoms with Gasteiger partial charge in [0.2, 0.25) is 6.79 Å². The Kier molecular flexibility index (Phi) is 5.97. The molecule has 1 amide bonds. The number of amides is 1. The molecule has 5 rings (SSSR count). The number of carboxylic acid groups (broad SMARTS) is 1. The maximum Gasteiger partial charge on any atom is 0.408 e. The maximum absolute atomic E-state index is 13.1.